The molecule has 0 aliphatic heterocycles. The molecule has 1 rings (SSSR count). The zero-order chi connectivity index (χ0) is 15.1. The van der Waals surface area contributed by atoms with E-state index < -0.39 is 0 Å². The molecule has 0 saturated carbocycles. The average Bonchev–Trinajstić information content (AvgIpc) is 2.45. The molecule has 5 nitrogen and oxygen atoms in total. The SMILES string of the molecule is CCN(c1ccc(C(=O)NCC(C)NC)cn1)C(C)C.Cl.Cl. The Hall–Kier alpha value is -1.04. The number of nitrogens with one attached hydrogen (secondary N) is 2. The number of rotatable bonds is 7. The largest absolute Gasteiger partial charge is 0.354 e. The number of hydrogen-bond acceptors (Lipinski definition) is 4. The lowest BCUT2D eigenvalue weighted by Gasteiger charge is -2.26. The third kappa shape index (κ3) is 6.81. The highest BCUT2D eigenvalue weighted by Crippen LogP contribution is 2.14. The number of carbonyl (C=O) groups is 1. The molecular weight excluding hydrogens is 323 g/mol. The normalized spacial score (nSPS) is 11.2. The summed E-state index contributed by atoms with van der Waals surface area (Å²) in [5.41, 5.74) is 0.594. The van der Waals surface area contributed by atoms with E-state index in [0.29, 0.717) is 18.2 Å². The van der Waals surface area contributed by atoms with Crippen LogP contribution in [0.4, 0.5) is 5.82 Å². The number of pyridine rings is 1. The summed E-state index contributed by atoms with van der Waals surface area (Å²) in [6, 6.07) is 4.37. The highest BCUT2D eigenvalue weighted by atomic mass is 35.5. The third-order valence-corrected chi connectivity index (χ3v) is 3.33. The zero-order valence-electron chi connectivity index (χ0n) is 13.9. The molecule has 0 saturated heterocycles. The van der Waals surface area contributed by atoms with Crippen molar-refractivity contribution in [3.8, 4) is 0 Å². The molecule has 0 spiro atoms. The Bertz CT molecular complexity index is 426. The Morgan fingerprint density at radius 2 is 1.91 bits per heavy atom. The highest BCUT2D eigenvalue weighted by Gasteiger charge is 2.11. The lowest BCUT2D eigenvalue weighted by atomic mass is 10.2. The van der Waals surface area contributed by atoms with Gasteiger partial charge in [0.25, 0.3) is 5.91 Å². The van der Waals surface area contributed by atoms with Crippen LogP contribution in [-0.2, 0) is 0 Å². The van der Waals surface area contributed by atoms with Gasteiger partial charge in [-0.15, -0.1) is 24.8 Å². The van der Waals surface area contributed by atoms with E-state index in [2.05, 4.69) is 41.3 Å². The van der Waals surface area contributed by atoms with Crippen LogP contribution in [0.25, 0.3) is 0 Å². The summed E-state index contributed by atoms with van der Waals surface area (Å²) < 4.78 is 0. The molecule has 2 N–H and O–H groups in total. The van der Waals surface area contributed by atoms with E-state index in [1.54, 1.807) is 6.20 Å². The Morgan fingerprint density at radius 3 is 2.32 bits per heavy atom. The molecule has 0 bridgehead atoms. The molecule has 0 aliphatic carbocycles. The second-order valence-electron chi connectivity index (χ2n) is 5.18. The van der Waals surface area contributed by atoms with Crippen molar-refractivity contribution in [1.82, 2.24) is 15.6 Å². The van der Waals surface area contributed by atoms with Gasteiger partial charge in [-0.3, -0.25) is 4.79 Å². The minimum absolute atomic E-state index is 0. The van der Waals surface area contributed by atoms with E-state index in [0.717, 1.165) is 12.4 Å². The molecule has 1 atom stereocenters. The standard InChI is InChI=1S/C15H26N4O.2ClH/c1-6-19(11(2)3)14-8-7-13(10-17-14)15(20)18-9-12(4)16-5;;/h7-8,10-12,16H,6,9H2,1-5H3,(H,18,20);2*1H. The molecule has 1 amide bonds. The van der Waals surface area contributed by atoms with Gasteiger partial charge < -0.3 is 15.5 Å². The molecule has 0 aromatic carbocycles. The topological polar surface area (TPSA) is 57.3 Å². The van der Waals surface area contributed by atoms with Crippen LogP contribution in [0.5, 0.6) is 0 Å². The first-order chi connectivity index (χ1) is 9.49. The van der Waals surface area contributed by atoms with E-state index >= 15 is 0 Å². The van der Waals surface area contributed by atoms with E-state index in [4.69, 9.17) is 0 Å². The highest BCUT2D eigenvalue weighted by molar-refractivity contribution is 5.94. The third-order valence-electron chi connectivity index (χ3n) is 3.33. The van der Waals surface area contributed by atoms with Crippen LogP contribution in [0.1, 0.15) is 38.1 Å². The fourth-order valence-corrected chi connectivity index (χ4v) is 1.93. The maximum Gasteiger partial charge on any atom is 0.252 e. The van der Waals surface area contributed by atoms with E-state index in [1.165, 1.54) is 0 Å². The number of aromatic nitrogens is 1. The number of carbonyl (C=O) groups excluding carboxylic acids is 1. The van der Waals surface area contributed by atoms with Crippen LogP contribution in [0.3, 0.4) is 0 Å². The molecule has 0 radical (unpaired) electrons. The van der Waals surface area contributed by atoms with E-state index in [1.807, 2.05) is 26.1 Å². The number of hydrogen-bond donors (Lipinski definition) is 2. The Morgan fingerprint density at radius 1 is 1.27 bits per heavy atom. The van der Waals surface area contributed by atoms with Crippen molar-refractivity contribution in [3.05, 3.63) is 23.9 Å². The van der Waals surface area contributed by atoms with Gasteiger partial charge in [0.15, 0.2) is 0 Å². The summed E-state index contributed by atoms with van der Waals surface area (Å²) in [5.74, 6) is 0.821. The number of anilines is 1. The van der Waals surface area contributed by atoms with Crippen LogP contribution in [0, 0.1) is 0 Å². The van der Waals surface area contributed by atoms with Gasteiger partial charge in [0.2, 0.25) is 0 Å². The first-order valence-corrected chi connectivity index (χ1v) is 7.17. The molecule has 22 heavy (non-hydrogen) atoms. The summed E-state index contributed by atoms with van der Waals surface area (Å²) in [6.07, 6.45) is 1.64. The molecule has 1 aromatic rings. The maximum atomic E-state index is 12.0. The lowest BCUT2D eigenvalue weighted by Crippen LogP contribution is -2.37. The van der Waals surface area contributed by atoms with Crippen molar-refractivity contribution in [1.29, 1.82) is 0 Å². The predicted octanol–water partition coefficient (Wildman–Crippen LogP) is 2.50. The van der Waals surface area contributed by atoms with Crippen molar-refractivity contribution in [3.63, 3.8) is 0 Å². The first-order valence-electron chi connectivity index (χ1n) is 7.17. The summed E-state index contributed by atoms with van der Waals surface area (Å²) in [7, 11) is 1.87. The van der Waals surface area contributed by atoms with Crippen LogP contribution >= 0.6 is 24.8 Å². The van der Waals surface area contributed by atoms with Crippen LogP contribution in [0.2, 0.25) is 0 Å². The molecular formula is C15H28Cl2N4O. The van der Waals surface area contributed by atoms with Crippen molar-refractivity contribution in [2.24, 2.45) is 0 Å². The smallest absolute Gasteiger partial charge is 0.252 e. The lowest BCUT2D eigenvalue weighted by molar-refractivity contribution is 0.0950. The van der Waals surface area contributed by atoms with Gasteiger partial charge in [-0.2, -0.15) is 0 Å². The average molecular weight is 351 g/mol. The van der Waals surface area contributed by atoms with Gasteiger partial charge in [-0.25, -0.2) is 4.98 Å². The number of halogens is 2. The quantitative estimate of drug-likeness (QED) is 0.793. The maximum absolute atomic E-state index is 12.0. The second kappa shape index (κ2) is 11.5. The monoisotopic (exact) mass is 350 g/mol. The summed E-state index contributed by atoms with van der Waals surface area (Å²) in [5, 5.41) is 5.96. The number of nitrogens with zero attached hydrogens (tertiary/aromatic N) is 2. The van der Waals surface area contributed by atoms with Gasteiger partial charge >= 0.3 is 0 Å². The fourth-order valence-electron chi connectivity index (χ4n) is 1.93. The molecule has 0 fully saturated rings. The first kappa shape index (κ1) is 23.2. The summed E-state index contributed by atoms with van der Waals surface area (Å²) >= 11 is 0. The number of likely N-dealkylation sites (N-methyl/N-ethyl adjacent to an activating group) is 1. The molecule has 1 aromatic heterocycles. The van der Waals surface area contributed by atoms with Crippen LogP contribution in [-0.4, -0.2) is 43.1 Å². The second-order valence-corrected chi connectivity index (χ2v) is 5.18. The van der Waals surface area contributed by atoms with E-state index in [9.17, 15) is 4.79 Å². The van der Waals surface area contributed by atoms with Gasteiger partial charge in [0.1, 0.15) is 5.82 Å². The van der Waals surface area contributed by atoms with Crippen molar-refractivity contribution >= 4 is 36.5 Å². The molecule has 0 aliphatic rings. The van der Waals surface area contributed by atoms with Crippen molar-refractivity contribution < 1.29 is 4.79 Å². The van der Waals surface area contributed by atoms with Crippen LogP contribution < -0.4 is 15.5 Å². The Labute approximate surface area is 146 Å². The predicted molar refractivity (Wildman–Crippen MR) is 97.7 cm³/mol. The van der Waals surface area contributed by atoms with Crippen molar-refractivity contribution in [2.75, 3.05) is 25.0 Å². The van der Waals surface area contributed by atoms with Gasteiger partial charge in [0.05, 0.1) is 5.56 Å². The van der Waals surface area contributed by atoms with Gasteiger partial charge in [-0.05, 0) is 46.9 Å². The molecule has 128 valence electrons. The van der Waals surface area contributed by atoms with Gasteiger partial charge in [-0.1, -0.05) is 0 Å². The van der Waals surface area contributed by atoms with Crippen LogP contribution in [0.15, 0.2) is 18.3 Å². The summed E-state index contributed by atoms with van der Waals surface area (Å²) in [6.45, 7) is 9.88. The van der Waals surface area contributed by atoms with E-state index in [-0.39, 0.29) is 36.8 Å². The molecule has 7 heteroatoms. The Balaban J connectivity index is 0. The van der Waals surface area contributed by atoms with Gasteiger partial charge in [0, 0.05) is 31.4 Å². The number of amides is 1. The minimum Gasteiger partial charge on any atom is -0.354 e. The zero-order valence-corrected chi connectivity index (χ0v) is 15.6. The Kier molecular flexibility index (Phi) is 12.2. The fraction of sp³-hybridized carbons (Fsp3) is 0.600. The minimum atomic E-state index is -0.0845. The molecule has 1 heterocycles. The molecule has 1 unspecified atom stereocenters. The summed E-state index contributed by atoms with van der Waals surface area (Å²) in [4.78, 5) is 18.5. The van der Waals surface area contributed by atoms with Crippen molar-refractivity contribution in [2.45, 2.75) is 39.8 Å².